The van der Waals surface area contributed by atoms with Gasteiger partial charge in [-0.3, -0.25) is 0 Å². The molecule has 10 N–H and O–H groups in total. The fraction of sp³-hybridized carbons (Fsp3) is 0.265. The molecular formula is C83H73F12N15O8S3. The summed E-state index contributed by atoms with van der Waals surface area (Å²) in [6.45, 7) is 5.62. The van der Waals surface area contributed by atoms with Crippen LogP contribution in [0.2, 0.25) is 0 Å². The summed E-state index contributed by atoms with van der Waals surface area (Å²) in [4.78, 5) is 86.9. The molecule has 0 saturated heterocycles. The van der Waals surface area contributed by atoms with E-state index in [4.69, 9.17) is 41.3 Å². The maximum Gasteiger partial charge on any atom is 0.490 e. The number of carboxylic acids is 1. The number of carboxylic acid groups (broad SMARTS) is 1. The third-order valence-electron chi connectivity index (χ3n) is 19.7. The zero-order valence-corrected chi connectivity index (χ0v) is 67.2. The van der Waals surface area contributed by atoms with Gasteiger partial charge in [-0.2, -0.15) is 52.7 Å². The lowest BCUT2D eigenvalue weighted by atomic mass is 9.77. The second-order valence-electron chi connectivity index (χ2n) is 28.4. The van der Waals surface area contributed by atoms with Crippen molar-refractivity contribution >= 4 is 92.8 Å². The molecule has 3 aromatic carbocycles. The van der Waals surface area contributed by atoms with E-state index in [1.165, 1.54) is 55.3 Å². The van der Waals surface area contributed by atoms with E-state index in [1.807, 2.05) is 75.4 Å². The Bertz CT molecular complexity index is 5340. The number of halogens is 12. The number of nitrogens with one attached hydrogen (secondary N) is 3. The molecule has 3 aliphatic carbocycles. The van der Waals surface area contributed by atoms with Crippen LogP contribution in [0, 0.1) is 20.8 Å². The van der Waals surface area contributed by atoms with Crippen LogP contribution in [-0.2, 0) is 73.4 Å². The number of aliphatic carboxylic acids is 1. The average molecular weight is 1730 g/mol. The van der Waals surface area contributed by atoms with Crippen molar-refractivity contribution < 1.29 is 91.2 Å². The molecule has 0 radical (unpaired) electrons. The molecule has 0 amide bonds. The van der Waals surface area contributed by atoms with E-state index in [-0.39, 0.29) is 17.5 Å². The number of nitrogens with zero attached hydrogens (tertiary/aromatic N) is 9. The van der Waals surface area contributed by atoms with E-state index in [2.05, 4.69) is 60.8 Å². The van der Waals surface area contributed by atoms with Crippen molar-refractivity contribution in [1.29, 1.82) is 0 Å². The fourth-order valence-electron chi connectivity index (χ4n) is 14.0. The van der Waals surface area contributed by atoms with Crippen LogP contribution >= 0.6 is 34.0 Å². The molecule has 9 aromatic heterocycles. The number of benzene rings is 3. The highest BCUT2D eigenvalue weighted by molar-refractivity contribution is 7.16. The number of hydrogen-bond acceptors (Lipinski definition) is 25. The Morgan fingerprint density at radius 1 is 0.388 bits per heavy atom. The average Bonchev–Trinajstić information content (AvgIpc) is 1.74. The molecule has 15 rings (SSSR count). The number of aromatic nitrogens is 9. The van der Waals surface area contributed by atoms with E-state index in [0.717, 1.165) is 173 Å². The van der Waals surface area contributed by atoms with Gasteiger partial charge in [0, 0.05) is 37.2 Å². The van der Waals surface area contributed by atoms with Gasteiger partial charge in [0.2, 0.25) is 0 Å². The highest BCUT2D eigenvalue weighted by Gasteiger charge is 2.43. The second kappa shape index (κ2) is 35.6. The van der Waals surface area contributed by atoms with E-state index < -0.39 is 81.9 Å². The first-order valence-electron chi connectivity index (χ1n) is 36.7. The van der Waals surface area contributed by atoms with Crippen LogP contribution in [0.3, 0.4) is 0 Å². The molecule has 3 aliphatic rings. The summed E-state index contributed by atoms with van der Waals surface area (Å²) in [6, 6.07) is 32.7. The van der Waals surface area contributed by atoms with Crippen LogP contribution in [0.1, 0.15) is 151 Å². The normalized spacial score (nSPS) is 16.8. The number of esters is 3. The smallest absolute Gasteiger partial charge is 0.475 e. The summed E-state index contributed by atoms with van der Waals surface area (Å²) in [6.07, 6.45) is -3.06. The van der Waals surface area contributed by atoms with Crippen molar-refractivity contribution in [2.75, 3.05) is 37.3 Å². The molecule has 630 valence electrons. The Labute approximate surface area is 694 Å². The van der Waals surface area contributed by atoms with E-state index in [1.54, 1.807) is 55.0 Å². The fourth-order valence-corrected chi connectivity index (χ4v) is 17.0. The minimum atomic E-state index is -5.08. The number of nitrogens with two attached hydrogens (primary N) is 3. The van der Waals surface area contributed by atoms with Crippen LogP contribution < -0.4 is 33.2 Å². The van der Waals surface area contributed by atoms with Crippen LogP contribution in [0.15, 0.2) is 165 Å². The van der Waals surface area contributed by atoms with Crippen molar-refractivity contribution in [2.24, 2.45) is 17.2 Å². The summed E-state index contributed by atoms with van der Waals surface area (Å²) >= 11 is 4.25. The second-order valence-corrected chi connectivity index (χ2v) is 31.5. The molecule has 23 nitrogen and oxygen atoms in total. The van der Waals surface area contributed by atoms with Crippen molar-refractivity contribution in [2.45, 2.75) is 120 Å². The molecule has 0 bridgehead atoms. The summed E-state index contributed by atoms with van der Waals surface area (Å²) in [5, 5.41) is 17.9. The Morgan fingerprint density at radius 3 is 0.893 bits per heavy atom. The van der Waals surface area contributed by atoms with E-state index in [0.29, 0.717) is 70.5 Å². The van der Waals surface area contributed by atoms with Crippen LogP contribution in [0.25, 0.3) is 31.7 Å². The zero-order chi connectivity index (χ0) is 87.3. The number of carbonyl (C=O) groups excluding carboxylic acids is 3. The Balaban J connectivity index is 0.000000159. The van der Waals surface area contributed by atoms with E-state index in [9.17, 15) is 67.1 Å². The first kappa shape index (κ1) is 88.1. The number of carbonyl (C=O) groups is 4. The molecule has 1 unspecified atom stereocenters. The maximum absolute atomic E-state index is 13.1. The summed E-state index contributed by atoms with van der Waals surface area (Å²) in [5.74, 6) is -2.73. The topological polar surface area (TPSA) is 346 Å². The van der Waals surface area contributed by atoms with Gasteiger partial charge in [0.15, 0.2) is 0 Å². The SMILES string of the molecule is COC(=O)c1ccc2c(c1)CCCC2(N)c1ncc(-c2cc(C)cc(Nc3cc(C(F)(F)F)ccn3)n2)s1.COC(=O)c1ccc2c(c1)CCC[C@@]2(N)c1ncc(-c2cc(C)cc(Nc3cc(C(F)(F)F)ccn3)n2)s1.COC(=O)c1ccc2c(c1)CCC[C@]2(N)c1ncc(-c2cc(C)cc(Nc3cc(C(F)(F)F)ccn3)n2)s1.O=C(O)C(F)(F)F. The molecule has 0 spiro atoms. The van der Waals surface area contributed by atoms with Gasteiger partial charge in [-0.1, -0.05) is 18.2 Å². The lowest BCUT2D eigenvalue weighted by molar-refractivity contribution is -0.192. The maximum atomic E-state index is 13.1. The molecule has 0 fully saturated rings. The van der Waals surface area contributed by atoms with Crippen molar-refractivity contribution in [3.05, 3.63) is 263 Å². The predicted octanol–water partition coefficient (Wildman–Crippen LogP) is 18.6. The van der Waals surface area contributed by atoms with Crippen LogP contribution in [0.5, 0.6) is 0 Å². The summed E-state index contributed by atoms with van der Waals surface area (Å²) in [7, 11) is 4.05. The molecule has 121 heavy (non-hydrogen) atoms. The number of anilines is 6. The Hall–Kier alpha value is -12.2. The molecular weight excluding hydrogens is 1660 g/mol. The van der Waals surface area contributed by atoms with E-state index >= 15 is 0 Å². The van der Waals surface area contributed by atoms with Crippen LogP contribution in [0.4, 0.5) is 87.6 Å². The number of rotatable bonds is 15. The summed E-state index contributed by atoms with van der Waals surface area (Å²) in [5.41, 5.74) is 27.6. The van der Waals surface area contributed by atoms with Gasteiger partial charge < -0.3 is 52.5 Å². The number of hydrogen-bond donors (Lipinski definition) is 7. The van der Waals surface area contributed by atoms with Gasteiger partial charge in [-0.05, 0) is 238 Å². The number of ether oxygens (including phenoxy) is 3. The predicted molar refractivity (Wildman–Crippen MR) is 429 cm³/mol. The monoisotopic (exact) mass is 1730 g/mol. The number of aryl methyl sites for hydroxylation is 6. The number of fused-ring (bicyclic) bond motifs is 3. The first-order chi connectivity index (χ1) is 57.1. The Morgan fingerprint density at radius 2 is 0.653 bits per heavy atom. The molecule has 12 aromatic rings. The van der Waals surface area contributed by atoms with Crippen molar-refractivity contribution in [3.8, 4) is 31.7 Å². The number of methoxy groups -OCH3 is 3. The largest absolute Gasteiger partial charge is 0.490 e. The molecule has 3 atom stereocenters. The molecule has 0 saturated carbocycles. The molecule has 0 aliphatic heterocycles. The number of alkyl halides is 12. The number of pyridine rings is 6. The zero-order valence-electron chi connectivity index (χ0n) is 64.8. The minimum Gasteiger partial charge on any atom is -0.475 e. The first-order valence-corrected chi connectivity index (χ1v) is 39.2. The van der Waals surface area contributed by atoms with Gasteiger partial charge in [0.05, 0.1) is 103 Å². The highest BCUT2D eigenvalue weighted by Crippen LogP contribution is 2.47. The van der Waals surface area contributed by atoms with Gasteiger partial charge >= 0.3 is 48.6 Å². The quantitative estimate of drug-likeness (QED) is 0.0285. The minimum absolute atomic E-state index is 0.0416. The van der Waals surface area contributed by atoms with Gasteiger partial charge in [0.1, 0.15) is 49.9 Å². The standard InChI is InChI=1S/3C27H24F3N5O2S.C2HF3O2/c3*1-15-10-20(34-23(11-15)35-22-13-18(7-9-32-22)27(28,29)30)21-14-33-25(38-21)26(31)8-3-4-16-12-17(24(36)37-2)5-6-19(16)26;3-2(4,5)1(6)7/h3*5-7,9-14H,3-4,8,31H2,1-2H3,(H,32,34,35);(H,6,7)/t2*26-;;/m10../s1. The van der Waals surface area contributed by atoms with Gasteiger partial charge in [-0.15, -0.1) is 34.0 Å². The third-order valence-corrected chi connectivity index (χ3v) is 23.3. The van der Waals surface area contributed by atoms with Crippen LogP contribution in [-0.4, -0.2) is 101 Å². The molecule has 38 heteroatoms. The number of thiazole rings is 3. The Kier molecular flexibility index (Phi) is 25.9. The lowest BCUT2D eigenvalue weighted by Crippen LogP contribution is -2.41. The third kappa shape index (κ3) is 20.5. The van der Waals surface area contributed by atoms with Crippen molar-refractivity contribution in [3.63, 3.8) is 0 Å². The highest BCUT2D eigenvalue weighted by atomic mass is 32.1. The summed E-state index contributed by atoms with van der Waals surface area (Å²) < 4.78 is 164. The molecule has 9 heterocycles. The lowest BCUT2D eigenvalue weighted by Gasteiger charge is -2.34. The van der Waals surface area contributed by atoms with Gasteiger partial charge in [0.25, 0.3) is 0 Å². The van der Waals surface area contributed by atoms with Gasteiger partial charge in [-0.25, -0.2) is 64.0 Å². The van der Waals surface area contributed by atoms with Crippen molar-refractivity contribution in [1.82, 2.24) is 44.9 Å².